The molecule has 0 radical (unpaired) electrons. The fourth-order valence-electron chi connectivity index (χ4n) is 1.64. The summed E-state index contributed by atoms with van der Waals surface area (Å²) >= 11 is 0. The lowest BCUT2D eigenvalue weighted by Crippen LogP contribution is -2.26. The van der Waals surface area contributed by atoms with Crippen LogP contribution in [0.4, 0.5) is 5.82 Å². The molecule has 16 heavy (non-hydrogen) atoms. The number of hydrogen-bond acceptors (Lipinski definition) is 5. The van der Waals surface area contributed by atoms with Crippen LogP contribution in [0.5, 0.6) is 0 Å². The molecular weight excluding hydrogens is 206 g/mol. The lowest BCUT2D eigenvalue weighted by molar-refractivity contribution is -0.136. The molecule has 5 heteroatoms. The van der Waals surface area contributed by atoms with Crippen molar-refractivity contribution in [1.29, 1.82) is 0 Å². The van der Waals surface area contributed by atoms with E-state index in [1.165, 1.54) is 0 Å². The van der Waals surface area contributed by atoms with Crippen LogP contribution >= 0.6 is 0 Å². The minimum absolute atomic E-state index is 0.0743. The molecule has 88 valence electrons. The maximum Gasteiger partial charge on any atom is 0.163 e. The maximum absolute atomic E-state index is 5.67. The second-order valence-corrected chi connectivity index (χ2v) is 4.32. The fraction of sp³-hybridized carbons (Fsp3) is 0.636. The molecule has 1 N–H and O–H groups in total. The number of anilines is 1. The third kappa shape index (κ3) is 2.90. The molecule has 1 aliphatic rings. The van der Waals surface area contributed by atoms with E-state index in [2.05, 4.69) is 15.3 Å². The largest absolute Gasteiger partial charge is 0.367 e. The Labute approximate surface area is 95.2 Å². The Morgan fingerprint density at radius 3 is 3.00 bits per heavy atom. The molecule has 0 saturated carbocycles. The van der Waals surface area contributed by atoms with Crippen LogP contribution < -0.4 is 5.32 Å². The van der Waals surface area contributed by atoms with Crippen LogP contribution in [0.3, 0.4) is 0 Å². The summed E-state index contributed by atoms with van der Waals surface area (Å²) in [5.74, 6) is 1.11. The molecule has 1 unspecified atom stereocenters. The standard InChI is InChI=1S/C11H17N3O2/c1-8-12-5-4-10(14-8)13-6-9-7-15-11(2,3)16-9/h4-5,9H,6-7H2,1-3H3,(H,12,13,14). The van der Waals surface area contributed by atoms with Gasteiger partial charge in [0.15, 0.2) is 5.79 Å². The smallest absolute Gasteiger partial charge is 0.163 e. The van der Waals surface area contributed by atoms with Gasteiger partial charge in [0.25, 0.3) is 0 Å². The zero-order chi connectivity index (χ0) is 11.6. The number of hydrogen-bond donors (Lipinski definition) is 1. The molecule has 1 fully saturated rings. The third-order valence-corrected chi connectivity index (χ3v) is 2.35. The minimum atomic E-state index is -0.464. The maximum atomic E-state index is 5.67. The van der Waals surface area contributed by atoms with Gasteiger partial charge in [-0.3, -0.25) is 0 Å². The van der Waals surface area contributed by atoms with E-state index in [9.17, 15) is 0 Å². The van der Waals surface area contributed by atoms with Gasteiger partial charge < -0.3 is 14.8 Å². The van der Waals surface area contributed by atoms with E-state index in [1.54, 1.807) is 6.20 Å². The van der Waals surface area contributed by atoms with Crippen molar-refractivity contribution in [3.8, 4) is 0 Å². The highest BCUT2D eigenvalue weighted by Gasteiger charge is 2.32. The summed E-state index contributed by atoms with van der Waals surface area (Å²) in [4.78, 5) is 8.29. The summed E-state index contributed by atoms with van der Waals surface area (Å²) in [5.41, 5.74) is 0. The first kappa shape index (κ1) is 11.3. The minimum Gasteiger partial charge on any atom is -0.367 e. The topological polar surface area (TPSA) is 56.3 Å². The third-order valence-electron chi connectivity index (χ3n) is 2.35. The highest BCUT2D eigenvalue weighted by Crippen LogP contribution is 2.22. The molecular formula is C11H17N3O2. The summed E-state index contributed by atoms with van der Waals surface area (Å²) in [5, 5.41) is 3.21. The van der Waals surface area contributed by atoms with E-state index >= 15 is 0 Å². The van der Waals surface area contributed by atoms with Crippen LogP contribution in [-0.2, 0) is 9.47 Å². The Hall–Kier alpha value is -1.20. The summed E-state index contributed by atoms with van der Waals surface area (Å²) in [6.07, 6.45) is 1.81. The first-order valence-corrected chi connectivity index (χ1v) is 5.40. The van der Waals surface area contributed by atoms with Gasteiger partial charge in [-0.1, -0.05) is 0 Å². The molecule has 0 aromatic carbocycles. The number of nitrogens with one attached hydrogen (secondary N) is 1. The van der Waals surface area contributed by atoms with Crippen LogP contribution in [0.1, 0.15) is 19.7 Å². The molecule has 5 nitrogen and oxygen atoms in total. The van der Waals surface area contributed by atoms with Gasteiger partial charge in [0.05, 0.1) is 6.61 Å². The SMILES string of the molecule is Cc1nccc(NCC2COC(C)(C)O2)n1. The van der Waals surface area contributed by atoms with Gasteiger partial charge in [-0.25, -0.2) is 9.97 Å². The van der Waals surface area contributed by atoms with Crippen LogP contribution in [0.2, 0.25) is 0 Å². The average molecular weight is 223 g/mol. The van der Waals surface area contributed by atoms with Crippen LogP contribution in [0.15, 0.2) is 12.3 Å². The summed E-state index contributed by atoms with van der Waals surface area (Å²) in [6.45, 7) is 7.01. The number of nitrogens with zero attached hydrogens (tertiary/aromatic N) is 2. The van der Waals surface area contributed by atoms with E-state index in [1.807, 2.05) is 26.8 Å². The van der Waals surface area contributed by atoms with Crippen LogP contribution in [0, 0.1) is 6.92 Å². The van der Waals surface area contributed by atoms with E-state index in [0.717, 1.165) is 11.6 Å². The summed E-state index contributed by atoms with van der Waals surface area (Å²) < 4.78 is 11.1. The molecule has 1 aromatic heterocycles. The number of ether oxygens (including phenoxy) is 2. The van der Waals surface area contributed by atoms with Gasteiger partial charge in [0, 0.05) is 12.7 Å². The van der Waals surface area contributed by atoms with Crippen LogP contribution in [0.25, 0.3) is 0 Å². The zero-order valence-corrected chi connectivity index (χ0v) is 9.86. The molecule has 0 aliphatic carbocycles. The predicted octanol–water partition coefficient (Wildman–Crippen LogP) is 1.35. The van der Waals surface area contributed by atoms with Crippen molar-refractivity contribution in [1.82, 2.24) is 9.97 Å². The molecule has 1 aromatic rings. The van der Waals surface area contributed by atoms with Crippen molar-refractivity contribution >= 4 is 5.82 Å². The van der Waals surface area contributed by atoms with Gasteiger partial charge in [-0.15, -0.1) is 0 Å². The summed E-state index contributed by atoms with van der Waals surface area (Å²) in [7, 11) is 0. The first-order chi connectivity index (χ1) is 7.55. The molecule has 1 atom stereocenters. The predicted molar refractivity (Wildman–Crippen MR) is 60.2 cm³/mol. The Morgan fingerprint density at radius 1 is 1.56 bits per heavy atom. The molecule has 0 amide bonds. The highest BCUT2D eigenvalue weighted by molar-refractivity contribution is 5.32. The Bertz CT molecular complexity index is 368. The average Bonchev–Trinajstić information content (AvgIpc) is 2.56. The van der Waals surface area contributed by atoms with Gasteiger partial charge in [-0.2, -0.15) is 0 Å². The van der Waals surface area contributed by atoms with Crippen LogP contribution in [-0.4, -0.2) is 35.0 Å². The highest BCUT2D eigenvalue weighted by atomic mass is 16.7. The van der Waals surface area contributed by atoms with Crippen molar-refractivity contribution in [3.63, 3.8) is 0 Å². The quantitative estimate of drug-likeness (QED) is 0.838. The molecule has 1 aliphatic heterocycles. The van der Waals surface area contributed by atoms with Crippen molar-refractivity contribution in [3.05, 3.63) is 18.1 Å². The monoisotopic (exact) mass is 223 g/mol. The molecule has 2 rings (SSSR count). The van der Waals surface area contributed by atoms with Gasteiger partial charge >= 0.3 is 0 Å². The normalized spacial score (nSPS) is 23.3. The molecule has 0 bridgehead atoms. The lowest BCUT2D eigenvalue weighted by Gasteiger charge is -2.17. The van der Waals surface area contributed by atoms with E-state index in [-0.39, 0.29) is 6.10 Å². The van der Waals surface area contributed by atoms with E-state index < -0.39 is 5.79 Å². The van der Waals surface area contributed by atoms with Gasteiger partial charge in [0.2, 0.25) is 0 Å². The second-order valence-electron chi connectivity index (χ2n) is 4.32. The van der Waals surface area contributed by atoms with Crippen molar-refractivity contribution in [2.24, 2.45) is 0 Å². The fourth-order valence-corrected chi connectivity index (χ4v) is 1.64. The Morgan fingerprint density at radius 2 is 2.38 bits per heavy atom. The van der Waals surface area contributed by atoms with Gasteiger partial charge in [-0.05, 0) is 26.8 Å². The number of aromatic nitrogens is 2. The second kappa shape index (κ2) is 4.35. The van der Waals surface area contributed by atoms with E-state index in [0.29, 0.717) is 13.2 Å². The van der Waals surface area contributed by atoms with Crippen molar-refractivity contribution in [2.45, 2.75) is 32.7 Å². The Kier molecular flexibility index (Phi) is 3.07. The number of rotatable bonds is 3. The molecule has 2 heterocycles. The van der Waals surface area contributed by atoms with Crippen molar-refractivity contribution < 1.29 is 9.47 Å². The zero-order valence-electron chi connectivity index (χ0n) is 9.86. The van der Waals surface area contributed by atoms with E-state index in [4.69, 9.17) is 9.47 Å². The number of aryl methyl sites for hydroxylation is 1. The molecule has 1 saturated heterocycles. The van der Waals surface area contributed by atoms with Gasteiger partial charge in [0.1, 0.15) is 17.7 Å². The van der Waals surface area contributed by atoms with Crippen molar-refractivity contribution in [2.75, 3.05) is 18.5 Å². The first-order valence-electron chi connectivity index (χ1n) is 5.40. The lowest BCUT2D eigenvalue weighted by atomic mass is 10.3. The Balaban J connectivity index is 1.84. The summed E-state index contributed by atoms with van der Waals surface area (Å²) in [6, 6.07) is 1.84. The molecule has 0 spiro atoms.